The molecule has 2 N–H and O–H groups in total. The number of nitrogens with zero attached hydrogens (tertiary/aromatic N) is 1. The summed E-state index contributed by atoms with van der Waals surface area (Å²) in [5.74, 6) is -0.265. The van der Waals surface area contributed by atoms with Crippen LogP contribution in [-0.2, 0) is 11.3 Å². The van der Waals surface area contributed by atoms with Gasteiger partial charge in [-0.05, 0) is 30.5 Å². The highest BCUT2D eigenvalue weighted by molar-refractivity contribution is 5.79. The molecule has 0 spiro atoms. The summed E-state index contributed by atoms with van der Waals surface area (Å²) in [4.78, 5) is 13.8. The van der Waals surface area contributed by atoms with Gasteiger partial charge in [0, 0.05) is 19.6 Å². The van der Waals surface area contributed by atoms with Gasteiger partial charge in [-0.2, -0.15) is 0 Å². The van der Waals surface area contributed by atoms with Crippen molar-refractivity contribution < 1.29 is 9.18 Å². The number of carbonyl (C=O) groups is 1. The molecule has 0 saturated heterocycles. The zero-order chi connectivity index (χ0) is 13.1. The molecular formula is C14H19FN2O. The van der Waals surface area contributed by atoms with E-state index >= 15 is 0 Å². The number of amides is 1. The Morgan fingerprint density at radius 2 is 2.28 bits per heavy atom. The molecule has 4 heteroatoms. The largest absolute Gasteiger partial charge is 0.341 e. The first-order valence-electron chi connectivity index (χ1n) is 6.33. The minimum absolute atomic E-state index is 0.0209. The van der Waals surface area contributed by atoms with Crippen LogP contribution in [0.1, 0.15) is 24.8 Å². The summed E-state index contributed by atoms with van der Waals surface area (Å²) >= 11 is 0. The van der Waals surface area contributed by atoms with Gasteiger partial charge in [0.1, 0.15) is 5.82 Å². The predicted molar refractivity (Wildman–Crippen MR) is 68.2 cm³/mol. The monoisotopic (exact) mass is 250 g/mol. The number of hydrogen-bond donors (Lipinski definition) is 1. The Kier molecular flexibility index (Phi) is 3.97. The highest BCUT2D eigenvalue weighted by atomic mass is 19.1. The molecule has 0 bridgehead atoms. The van der Waals surface area contributed by atoms with E-state index in [1.807, 2.05) is 6.07 Å². The van der Waals surface area contributed by atoms with Gasteiger partial charge in [0.05, 0.1) is 5.92 Å². The molecule has 1 fully saturated rings. The maximum Gasteiger partial charge on any atom is 0.227 e. The molecule has 0 heterocycles. The Balaban J connectivity index is 1.99. The summed E-state index contributed by atoms with van der Waals surface area (Å²) in [6.45, 7) is 0.430. The van der Waals surface area contributed by atoms with Gasteiger partial charge in [0.15, 0.2) is 0 Å². The van der Waals surface area contributed by atoms with Crippen molar-refractivity contribution >= 4 is 5.91 Å². The van der Waals surface area contributed by atoms with E-state index in [1.54, 1.807) is 18.0 Å². The van der Waals surface area contributed by atoms with E-state index in [0.717, 1.165) is 24.8 Å². The second-order valence-electron chi connectivity index (χ2n) is 5.03. The standard InChI is InChI=1S/C14H19FN2O/c1-17(9-10-4-2-5-11(15)8-10)14(18)12-6-3-7-13(12)16/h2,4-5,8,12-13H,3,6-7,9,16H2,1H3. The van der Waals surface area contributed by atoms with Gasteiger partial charge < -0.3 is 10.6 Å². The van der Waals surface area contributed by atoms with Crippen molar-refractivity contribution in [3.63, 3.8) is 0 Å². The molecule has 1 aromatic carbocycles. The van der Waals surface area contributed by atoms with E-state index in [0.29, 0.717) is 6.54 Å². The average Bonchev–Trinajstić information content (AvgIpc) is 2.74. The number of halogens is 1. The number of nitrogens with two attached hydrogens (primary N) is 1. The molecule has 1 aliphatic carbocycles. The summed E-state index contributed by atoms with van der Waals surface area (Å²) in [6, 6.07) is 6.31. The first kappa shape index (κ1) is 13.0. The zero-order valence-corrected chi connectivity index (χ0v) is 10.6. The number of hydrogen-bond acceptors (Lipinski definition) is 2. The second-order valence-corrected chi connectivity index (χ2v) is 5.03. The number of rotatable bonds is 3. The van der Waals surface area contributed by atoms with Crippen molar-refractivity contribution in [2.24, 2.45) is 11.7 Å². The minimum atomic E-state index is -0.272. The first-order valence-corrected chi connectivity index (χ1v) is 6.33. The third-order valence-electron chi connectivity index (χ3n) is 3.57. The molecule has 0 aliphatic heterocycles. The van der Waals surface area contributed by atoms with Crippen LogP contribution in [0.25, 0.3) is 0 Å². The summed E-state index contributed by atoms with van der Waals surface area (Å²) in [5.41, 5.74) is 6.73. The van der Waals surface area contributed by atoms with Crippen LogP contribution in [-0.4, -0.2) is 23.9 Å². The fourth-order valence-electron chi connectivity index (χ4n) is 2.57. The van der Waals surface area contributed by atoms with Crippen molar-refractivity contribution in [3.8, 4) is 0 Å². The lowest BCUT2D eigenvalue weighted by Crippen LogP contribution is -2.39. The van der Waals surface area contributed by atoms with Crippen LogP contribution in [0.4, 0.5) is 4.39 Å². The van der Waals surface area contributed by atoms with E-state index in [4.69, 9.17) is 5.73 Å². The van der Waals surface area contributed by atoms with Crippen molar-refractivity contribution in [2.45, 2.75) is 31.8 Å². The topological polar surface area (TPSA) is 46.3 Å². The summed E-state index contributed by atoms with van der Waals surface area (Å²) in [6.07, 6.45) is 2.81. The number of carbonyl (C=O) groups excluding carboxylic acids is 1. The van der Waals surface area contributed by atoms with Gasteiger partial charge in [-0.15, -0.1) is 0 Å². The van der Waals surface area contributed by atoms with Crippen molar-refractivity contribution in [3.05, 3.63) is 35.6 Å². The molecule has 0 radical (unpaired) electrons. The molecule has 1 amide bonds. The van der Waals surface area contributed by atoms with Gasteiger partial charge in [0.2, 0.25) is 5.91 Å². The molecule has 98 valence electrons. The van der Waals surface area contributed by atoms with Gasteiger partial charge in [-0.25, -0.2) is 4.39 Å². The van der Waals surface area contributed by atoms with E-state index in [2.05, 4.69) is 0 Å². The molecular weight excluding hydrogens is 231 g/mol. The van der Waals surface area contributed by atoms with Crippen molar-refractivity contribution in [1.29, 1.82) is 0 Å². The van der Waals surface area contributed by atoms with Crippen LogP contribution in [0, 0.1) is 11.7 Å². The predicted octanol–water partition coefficient (Wildman–Crippen LogP) is 1.91. The lowest BCUT2D eigenvalue weighted by atomic mass is 10.0. The molecule has 2 atom stereocenters. The second kappa shape index (κ2) is 5.48. The van der Waals surface area contributed by atoms with Crippen LogP contribution < -0.4 is 5.73 Å². The Labute approximate surface area is 107 Å². The van der Waals surface area contributed by atoms with E-state index in [9.17, 15) is 9.18 Å². The smallest absolute Gasteiger partial charge is 0.227 e. The van der Waals surface area contributed by atoms with Gasteiger partial charge in [-0.1, -0.05) is 18.6 Å². The normalized spacial score (nSPS) is 23.1. The van der Waals surface area contributed by atoms with Gasteiger partial charge in [-0.3, -0.25) is 4.79 Å². The quantitative estimate of drug-likeness (QED) is 0.890. The average molecular weight is 250 g/mol. The van der Waals surface area contributed by atoms with Gasteiger partial charge >= 0.3 is 0 Å². The van der Waals surface area contributed by atoms with Crippen molar-refractivity contribution in [2.75, 3.05) is 7.05 Å². The fraction of sp³-hybridized carbons (Fsp3) is 0.500. The number of benzene rings is 1. The van der Waals surface area contributed by atoms with Crippen LogP contribution in [0.15, 0.2) is 24.3 Å². The van der Waals surface area contributed by atoms with Crippen LogP contribution in [0.3, 0.4) is 0 Å². The first-order chi connectivity index (χ1) is 8.58. The van der Waals surface area contributed by atoms with Crippen molar-refractivity contribution in [1.82, 2.24) is 4.90 Å². The zero-order valence-electron chi connectivity index (χ0n) is 10.6. The molecule has 2 unspecified atom stereocenters. The van der Waals surface area contributed by atoms with Gasteiger partial charge in [0.25, 0.3) is 0 Å². The summed E-state index contributed by atoms with van der Waals surface area (Å²) < 4.78 is 13.1. The molecule has 1 aliphatic rings. The van der Waals surface area contributed by atoms with Crippen LogP contribution in [0.5, 0.6) is 0 Å². The molecule has 0 aromatic heterocycles. The third-order valence-corrected chi connectivity index (χ3v) is 3.57. The Bertz CT molecular complexity index is 436. The fourth-order valence-corrected chi connectivity index (χ4v) is 2.57. The third kappa shape index (κ3) is 2.88. The maximum absolute atomic E-state index is 13.1. The van der Waals surface area contributed by atoms with E-state index in [1.165, 1.54) is 12.1 Å². The minimum Gasteiger partial charge on any atom is -0.341 e. The Hall–Kier alpha value is -1.42. The highest BCUT2D eigenvalue weighted by Gasteiger charge is 2.32. The lowest BCUT2D eigenvalue weighted by Gasteiger charge is -2.23. The molecule has 3 nitrogen and oxygen atoms in total. The molecule has 18 heavy (non-hydrogen) atoms. The Morgan fingerprint density at radius 3 is 2.89 bits per heavy atom. The SMILES string of the molecule is CN(Cc1cccc(F)c1)C(=O)C1CCCC1N. The molecule has 2 rings (SSSR count). The maximum atomic E-state index is 13.1. The molecule has 1 saturated carbocycles. The van der Waals surface area contributed by atoms with E-state index in [-0.39, 0.29) is 23.7 Å². The van der Waals surface area contributed by atoms with E-state index < -0.39 is 0 Å². The lowest BCUT2D eigenvalue weighted by molar-refractivity contribution is -0.134. The summed E-state index contributed by atoms with van der Waals surface area (Å²) in [5, 5.41) is 0. The highest BCUT2D eigenvalue weighted by Crippen LogP contribution is 2.26. The molecule has 1 aromatic rings. The summed E-state index contributed by atoms with van der Waals surface area (Å²) in [7, 11) is 1.75. The van der Waals surface area contributed by atoms with Crippen LogP contribution in [0.2, 0.25) is 0 Å². The Morgan fingerprint density at radius 1 is 1.50 bits per heavy atom. The van der Waals surface area contributed by atoms with Crippen LogP contribution >= 0.6 is 0 Å².